The van der Waals surface area contributed by atoms with E-state index in [0.29, 0.717) is 29.9 Å². The number of hydrogen-bond acceptors (Lipinski definition) is 5. The summed E-state index contributed by atoms with van der Waals surface area (Å²) < 4.78 is 17.7. The van der Waals surface area contributed by atoms with Crippen LogP contribution in [-0.4, -0.2) is 24.6 Å². The number of halogens is 1. The van der Waals surface area contributed by atoms with E-state index < -0.39 is 5.97 Å². The van der Waals surface area contributed by atoms with Gasteiger partial charge in [0.25, 0.3) is 0 Å². The van der Waals surface area contributed by atoms with Gasteiger partial charge < -0.3 is 14.2 Å². The number of nitrogens with zero attached hydrogens (tertiary/aromatic N) is 1. The number of cyclic esters (lactones) is 1. The second-order valence-corrected chi connectivity index (χ2v) is 8.40. The van der Waals surface area contributed by atoms with Gasteiger partial charge in [-0.15, -0.1) is 0 Å². The van der Waals surface area contributed by atoms with Gasteiger partial charge in [0.2, 0.25) is 5.90 Å². The Bertz CT molecular complexity index is 991. The van der Waals surface area contributed by atoms with Crippen molar-refractivity contribution in [3.63, 3.8) is 0 Å². The molecule has 1 heterocycles. The van der Waals surface area contributed by atoms with Crippen LogP contribution in [0.3, 0.4) is 0 Å². The molecule has 0 unspecified atom stereocenters. The van der Waals surface area contributed by atoms with Crippen LogP contribution in [0.1, 0.15) is 57.2 Å². The maximum absolute atomic E-state index is 12.4. The molecule has 0 aliphatic carbocycles. The first kappa shape index (κ1) is 22.1. The number of aliphatic imine (C=N–C) groups is 1. The Morgan fingerprint density at radius 3 is 2.43 bits per heavy atom. The van der Waals surface area contributed by atoms with Gasteiger partial charge in [0, 0.05) is 5.56 Å². The third-order valence-electron chi connectivity index (χ3n) is 4.43. The first-order valence-electron chi connectivity index (χ1n) is 10.0. The van der Waals surface area contributed by atoms with E-state index in [2.05, 4.69) is 34.8 Å². The molecule has 3 rings (SSSR count). The molecule has 0 radical (unpaired) electrons. The van der Waals surface area contributed by atoms with Crippen molar-refractivity contribution < 1.29 is 19.0 Å². The number of ether oxygens (including phenoxy) is 3. The van der Waals surface area contributed by atoms with Crippen LogP contribution in [0.5, 0.6) is 11.5 Å². The van der Waals surface area contributed by atoms with Crippen LogP contribution in [0.2, 0.25) is 0 Å². The summed E-state index contributed by atoms with van der Waals surface area (Å²) >= 11 is 3.54. The van der Waals surface area contributed by atoms with Crippen molar-refractivity contribution >= 4 is 33.9 Å². The summed E-state index contributed by atoms with van der Waals surface area (Å²) in [4.78, 5) is 16.8. The summed E-state index contributed by atoms with van der Waals surface area (Å²) in [5, 5.41) is 0. The van der Waals surface area contributed by atoms with Crippen LogP contribution < -0.4 is 9.47 Å². The van der Waals surface area contributed by atoms with Gasteiger partial charge in [0.1, 0.15) is 0 Å². The summed E-state index contributed by atoms with van der Waals surface area (Å²) in [6.45, 7) is 10.6. The molecule has 0 fully saturated rings. The van der Waals surface area contributed by atoms with Crippen molar-refractivity contribution in [2.24, 2.45) is 4.99 Å². The van der Waals surface area contributed by atoms with Gasteiger partial charge in [-0.1, -0.05) is 26.0 Å². The highest BCUT2D eigenvalue weighted by atomic mass is 79.9. The molecule has 30 heavy (non-hydrogen) atoms. The van der Waals surface area contributed by atoms with E-state index in [1.165, 1.54) is 5.56 Å². The number of benzene rings is 2. The van der Waals surface area contributed by atoms with E-state index in [9.17, 15) is 4.79 Å². The average Bonchev–Trinajstić information content (AvgIpc) is 3.05. The normalized spacial score (nSPS) is 15.0. The van der Waals surface area contributed by atoms with Gasteiger partial charge in [-0.05, 0) is 84.1 Å². The van der Waals surface area contributed by atoms with E-state index in [0.717, 1.165) is 15.6 Å². The zero-order valence-corrected chi connectivity index (χ0v) is 19.4. The molecule has 1 aliphatic rings. The Balaban J connectivity index is 1.92. The highest BCUT2D eigenvalue weighted by molar-refractivity contribution is 9.10. The molecule has 0 N–H and O–H groups in total. The quantitative estimate of drug-likeness (QED) is 0.361. The van der Waals surface area contributed by atoms with Crippen molar-refractivity contribution in [2.75, 3.05) is 6.61 Å². The largest absolute Gasteiger partial charge is 0.490 e. The fourth-order valence-electron chi connectivity index (χ4n) is 2.99. The molecular weight excluding hydrogens is 446 g/mol. The van der Waals surface area contributed by atoms with E-state index >= 15 is 0 Å². The standard InChI is InChI=1S/C24H26BrNO4/c1-6-28-21-13-16(11-19(25)22(21)29-15(4)5)12-20-24(27)30-23(26-20)18-9-7-17(8-10-18)14(2)3/h7-15H,6H2,1-5H3/b20-12-. The van der Waals surface area contributed by atoms with Crippen molar-refractivity contribution in [1.82, 2.24) is 0 Å². The predicted molar refractivity (Wildman–Crippen MR) is 122 cm³/mol. The second-order valence-electron chi connectivity index (χ2n) is 7.54. The second kappa shape index (κ2) is 9.47. The number of carbonyl (C=O) groups excluding carboxylic acids is 1. The van der Waals surface area contributed by atoms with E-state index in [1.54, 1.807) is 6.08 Å². The molecule has 0 aromatic heterocycles. The molecule has 1 aliphatic heterocycles. The molecule has 0 spiro atoms. The molecule has 5 nitrogen and oxygen atoms in total. The van der Waals surface area contributed by atoms with Gasteiger partial charge in [-0.25, -0.2) is 9.79 Å². The fraction of sp³-hybridized carbons (Fsp3) is 0.333. The van der Waals surface area contributed by atoms with Gasteiger partial charge in [0.05, 0.1) is 17.2 Å². The molecule has 6 heteroatoms. The zero-order chi connectivity index (χ0) is 21.8. The van der Waals surface area contributed by atoms with Gasteiger partial charge in [0.15, 0.2) is 17.2 Å². The monoisotopic (exact) mass is 471 g/mol. The Kier molecular flexibility index (Phi) is 6.98. The lowest BCUT2D eigenvalue weighted by atomic mass is 10.0. The zero-order valence-electron chi connectivity index (χ0n) is 17.9. The Labute approximate surface area is 185 Å². The Hall–Kier alpha value is -2.60. The van der Waals surface area contributed by atoms with Crippen molar-refractivity contribution in [2.45, 2.75) is 46.6 Å². The van der Waals surface area contributed by atoms with Crippen LogP contribution in [0, 0.1) is 0 Å². The third kappa shape index (κ3) is 5.11. The minimum Gasteiger partial charge on any atom is -0.490 e. The summed E-state index contributed by atoms with van der Waals surface area (Å²) in [5.41, 5.74) is 2.99. The van der Waals surface area contributed by atoms with Crippen LogP contribution in [0.4, 0.5) is 0 Å². The van der Waals surface area contributed by atoms with Crippen molar-refractivity contribution in [1.29, 1.82) is 0 Å². The van der Waals surface area contributed by atoms with E-state index in [1.807, 2.05) is 57.2 Å². The molecule has 2 aromatic rings. The predicted octanol–water partition coefficient (Wildman–Crippen LogP) is 6.10. The summed E-state index contributed by atoms with van der Waals surface area (Å²) in [6.07, 6.45) is 1.69. The number of esters is 1. The SMILES string of the molecule is CCOc1cc(/C=C2\N=C(c3ccc(C(C)C)cc3)OC2=O)cc(Br)c1OC(C)C. The van der Waals surface area contributed by atoms with Gasteiger partial charge >= 0.3 is 5.97 Å². The summed E-state index contributed by atoms with van der Waals surface area (Å²) in [6, 6.07) is 11.6. The average molecular weight is 472 g/mol. The van der Waals surface area contributed by atoms with E-state index in [4.69, 9.17) is 14.2 Å². The van der Waals surface area contributed by atoms with Crippen LogP contribution in [0.15, 0.2) is 51.6 Å². The maximum Gasteiger partial charge on any atom is 0.363 e. The number of rotatable bonds is 7. The van der Waals surface area contributed by atoms with Crippen LogP contribution in [-0.2, 0) is 9.53 Å². The molecule has 2 aromatic carbocycles. The first-order chi connectivity index (χ1) is 14.3. The number of hydrogen-bond donors (Lipinski definition) is 0. The highest BCUT2D eigenvalue weighted by Gasteiger charge is 2.24. The maximum atomic E-state index is 12.4. The Morgan fingerprint density at radius 2 is 1.83 bits per heavy atom. The lowest BCUT2D eigenvalue weighted by Gasteiger charge is -2.16. The molecule has 0 amide bonds. The molecule has 0 saturated heterocycles. The molecule has 0 bridgehead atoms. The molecule has 0 saturated carbocycles. The van der Waals surface area contributed by atoms with E-state index in [-0.39, 0.29) is 11.8 Å². The number of carbonyl (C=O) groups is 1. The van der Waals surface area contributed by atoms with Gasteiger partial charge in [-0.2, -0.15) is 0 Å². The lowest BCUT2D eigenvalue weighted by Crippen LogP contribution is -2.08. The summed E-state index contributed by atoms with van der Waals surface area (Å²) in [7, 11) is 0. The van der Waals surface area contributed by atoms with Crippen molar-refractivity contribution in [3.05, 3.63) is 63.3 Å². The first-order valence-corrected chi connectivity index (χ1v) is 10.8. The highest BCUT2D eigenvalue weighted by Crippen LogP contribution is 2.38. The fourth-order valence-corrected chi connectivity index (χ4v) is 3.54. The molecule has 158 valence electrons. The molecular formula is C24H26BrNO4. The smallest absolute Gasteiger partial charge is 0.363 e. The molecule has 0 atom stereocenters. The lowest BCUT2D eigenvalue weighted by molar-refractivity contribution is -0.129. The topological polar surface area (TPSA) is 57.1 Å². The van der Waals surface area contributed by atoms with Crippen LogP contribution in [0.25, 0.3) is 6.08 Å². The van der Waals surface area contributed by atoms with Gasteiger partial charge in [-0.3, -0.25) is 0 Å². The van der Waals surface area contributed by atoms with Crippen LogP contribution >= 0.6 is 15.9 Å². The minimum atomic E-state index is -0.477. The van der Waals surface area contributed by atoms with Crippen molar-refractivity contribution in [3.8, 4) is 11.5 Å². The summed E-state index contributed by atoms with van der Waals surface area (Å²) in [5.74, 6) is 1.51. The Morgan fingerprint density at radius 1 is 1.13 bits per heavy atom. The minimum absolute atomic E-state index is 0.00348. The third-order valence-corrected chi connectivity index (χ3v) is 5.02.